The Morgan fingerprint density at radius 3 is 2.70 bits per heavy atom. The number of pyridine rings is 1. The molecular weight excluding hydrogens is 250 g/mol. The molecule has 0 radical (unpaired) electrons. The quantitative estimate of drug-likeness (QED) is 0.698. The minimum atomic E-state index is -0.193. The van der Waals surface area contributed by atoms with Gasteiger partial charge in [-0.2, -0.15) is 0 Å². The molecule has 1 heterocycles. The number of nitrogens with one attached hydrogen (secondary N) is 1. The molecule has 1 amide bonds. The fraction of sp³-hybridized carbons (Fsp3) is 0. The molecule has 0 saturated carbocycles. The number of nitrogen functional groups attached to an aromatic ring is 1. The van der Waals surface area contributed by atoms with E-state index in [0.29, 0.717) is 16.9 Å². The van der Waals surface area contributed by atoms with Gasteiger partial charge in [0.2, 0.25) is 0 Å². The number of anilines is 2. The molecule has 4 heteroatoms. The van der Waals surface area contributed by atoms with Crippen molar-refractivity contribution in [3.05, 3.63) is 66.4 Å². The average Bonchev–Trinajstić information content (AvgIpc) is 2.49. The zero-order valence-corrected chi connectivity index (χ0v) is 10.7. The number of hydrogen-bond donors (Lipinski definition) is 2. The smallest absolute Gasteiger partial charge is 0.256 e. The zero-order valence-electron chi connectivity index (χ0n) is 10.7. The molecular formula is C16H13N3O. The molecule has 0 saturated heterocycles. The lowest BCUT2D eigenvalue weighted by Gasteiger charge is -2.09. The summed E-state index contributed by atoms with van der Waals surface area (Å²) >= 11 is 0. The minimum absolute atomic E-state index is 0.193. The molecule has 20 heavy (non-hydrogen) atoms. The molecule has 2 aromatic carbocycles. The highest BCUT2D eigenvalue weighted by atomic mass is 16.1. The largest absolute Gasteiger partial charge is 0.397 e. The summed E-state index contributed by atoms with van der Waals surface area (Å²) in [7, 11) is 0. The monoisotopic (exact) mass is 263 g/mol. The summed E-state index contributed by atoms with van der Waals surface area (Å²) in [6.07, 6.45) is 1.71. The van der Waals surface area contributed by atoms with Gasteiger partial charge in [0.15, 0.2) is 0 Å². The van der Waals surface area contributed by atoms with Crippen molar-refractivity contribution in [1.82, 2.24) is 4.98 Å². The lowest BCUT2D eigenvalue weighted by atomic mass is 10.1. The fourth-order valence-electron chi connectivity index (χ4n) is 2.10. The molecule has 0 fully saturated rings. The van der Waals surface area contributed by atoms with Gasteiger partial charge in [0, 0.05) is 17.1 Å². The molecule has 0 atom stereocenters. The Bertz CT molecular complexity index is 778. The molecule has 3 N–H and O–H groups in total. The maximum atomic E-state index is 12.4. The summed E-state index contributed by atoms with van der Waals surface area (Å²) < 4.78 is 0. The molecule has 0 aliphatic rings. The first kappa shape index (κ1) is 12.2. The Labute approximate surface area is 116 Å². The fourth-order valence-corrected chi connectivity index (χ4v) is 2.10. The van der Waals surface area contributed by atoms with Gasteiger partial charge in [-0.05, 0) is 30.3 Å². The van der Waals surface area contributed by atoms with E-state index in [4.69, 9.17) is 5.73 Å². The molecule has 0 spiro atoms. The number of carbonyl (C=O) groups excluding carboxylic acids is 1. The van der Waals surface area contributed by atoms with Crippen LogP contribution >= 0.6 is 0 Å². The second-order valence-corrected chi connectivity index (χ2v) is 4.42. The van der Waals surface area contributed by atoms with Crippen LogP contribution in [0.1, 0.15) is 10.4 Å². The molecule has 3 rings (SSSR count). The second kappa shape index (κ2) is 5.01. The third kappa shape index (κ3) is 2.19. The summed E-state index contributed by atoms with van der Waals surface area (Å²) in [5, 5.41) is 3.65. The van der Waals surface area contributed by atoms with Crippen LogP contribution in [0.5, 0.6) is 0 Å². The van der Waals surface area contributed by atoms with Crippen LogP contribution in [0, 0.1) is 0 Å². The van der Waals surface area contributed by atoms with Gasteiger partial charge in [0.1, 0.15) is 0 Å². The molecule has 98 valence electrons. The summed E-state index contributed by atoms with van der Waals surface area (Å²) in [5.41, 5.74) is 8.36. The van der Waals surface area contributed by atoms with E-state index in [9.17, 15) is 4.79 Å². The summed E-state index contributed by atoms with van der Waals surface area (Å²) in [4.78, 5) is 16.6. The first-order valence-electron chi connectivity index (χ1n) is 6.25. The number of rotatable bonds is 2. The number of carbonyl (C=O) groups is 1. The van der Waals surface area contributed by atoms with Gasteiger partial charge in [0.25, 0.3) is 5.91 Å². The maximum Gasteiger partial charge on any atom is 0.256 e. The van der Waals surface area contributed by atoms with Gasteiger partial charge in [-0.1, -0.05) is 24.3 Å². The number of amides is 1. The van der Waals surface area contributed by atoms with Crippen molar-refractivity contribution in [1.29, 1.82) is 0 Å². The van der Waals surface area contributed by atoms with Crippen LogP contribution in [0.4, 0.5) is 11.4 Å². The summed E-state index contributed by atoms with van der Waals surface area (Å²) in [6, 6.07) is 16.3. The zero-order chi connectivity index (χ0) is 13.9. The van der Waals surface area contributed by atoms with Crippen molar-refractivity contribution in [2.75, 3.05) is 11.1 Å². The second-order valence-electron chi connectivity index (χ2n) is 4.42. The number of aromatic nitrogens is 1. The summed E-state index contributed by atoms with van der Waals surface area (Å²) in [6.45, 7) is 0. The lowest BCUT2D eigenvalue weighted by Crippen LogP contribution is -2.13. The van der Waals surface area contributed by atoms with Crippen LogP contribution in [-0.4, -0.2) is 10.9 Å². The molecule has 0 aliphatic heterocycles. The van der Waals surface area contributed by atoms with E-state index in [1.54, 1.807) is 24.4 Å². The highest BCUT2D eigenvalue weighted by molar-refractivity contribution is 6.13. The van der Waals surface area contributed by atoms with Crippen molar-refractivity contribution < 1.29 is 4.79 Å². The number of benzene rings is 2. The number of fused-ring (bicyclic) bond motifs is 1. The first-order valence-corrected chi connectivity index (χ1v) is 6.25. The van der Waals surface area contributed by atoms with E-state index >= 15 is 0 Å². The van der Waals surface area contributed by atoms with Crippen LogP contribution < -0.4 is 11.1 Å². The Balaban J connectivity index is 1.99. The highest BCUT2D eigenvalue weighted by Crippen LogP contribution is 2.21. The van der Waals surface area contributed by atoms with Crippen LogP contribution in [0.25, 0.3) is 10.9 Å². The summed E-state index contributed by atoms with van der Waals surface area (Å²) in [5.74, 6) is -0.193. The van der Waals surface area contributed by atoms with Gasteiger partial charge in [-0.25, -0.2) is 0 Å². The number of para-hydroxylation sites is 2. The van der Waals surface area contributed by atoms with Crippen LogP contribution in [-0.2, 0) is 0 Å². The minimum Gasteiger partial charge on any atom is -0.397 e. The van der Waals surface area contributed by atoms with Crippen LogP contribution in [0.3, 0.4) is 0 Å². The van der Waals surface area contributed by atoms with Gasteiger partial charge in [0.05, 0.1) is 16.9 Å². The van der Waals surface area contributed by atoms with Crippen molar-refractivity contribution in [3.63, 3.8) is 0 Å². The van der Waals surface area contributed by atoms with E-state index < -0.39 is 0 Å². The van der Waals surface area contributed by atoms with E-state index in [-0.39, 0.29) is 5.91 Å². The van der Waals surface area contributed by atoms with Gasteiger partial charge in [-0.3, -0.25) is 9.78 Å². The molecule has 0 bridgehead atoms. The number of nitrogens with zero attached hydrogens (tertiary/aromatic N) is 1. The predicted octanol–water partition coefficient (Wildman–Crippen LogP) is 3.07. The Morgan fingerprint density at radius 1 is 1.00 bits per heavy atom. The van der Waals surface area contributed by atoms with Crippen molar-refractivity contribution >= 4 is 28.2 Å². The molecule has 0 aliphatic carbocycles. The predicted molar refractivity (Wildman–Crippen MR) is 80.6 cm³/mol. The Morgan fingerprint density at radius 2 is 1.85 bits per heavy atom. The maximum absolute atomic E-state index is 12.4. The molecule has 0 unspecified atom stereocenters. The number of nitrogens with two attached hydrogens (primary N) is 1. The first-order chi connectivity index (χ1) is 9.75. The standard InChI is InChI=1S/C16H13N3O/c17-13-7-1-2-8-15(13)19-16(20)12-5-3-9-14-11(12)6-4-10-18-14/h1-10H,17H2,(H,19,20). The van der Waals surface area contributed by atoms with Gasteiger partial charge in [-0.15, -0.1) is 0 Å². The van der Waals surface area contributed by atoms with Crippen molar-refractivity contribution in [2.45, 2.75) is 0 Å². The highest BCUT2D eigenvalue weighted by Gasteiger charge is 2.11. The van der Waals surface area contributed by atoms with E-state index in [1.807, 2.05) is 36.4 Å². The molecule has 1 aromatic heterocycles. The van der Waals surface area contributed by atoms with Crippen molar-refractivity contribution in [3.8, 4) is 0 Å². The van der Waals surface area contributed by atoms with E-state index in [1.165, 1.54) is 0 Å². The topological polar surface area (TPSA) is 68.0 Å². The Kier molecular flexibility index (Phi) is 3.05. The third-order valence-electron chi connectivity index (χ3n) is 3.10. The van der Waals surface area contributed by atoms with Gasteiger partial charge < -0.3 is 11.1 Å². The van der Waals surface area contributed by atoms with Crippen LogP contribution in [0.15, 0.2) is 60.8 Å². The molecule has 3 aromatic rings. The van der Waals surface area contributed by atoms with E-state index in [0.717, 1.165) is 10.9 Å². The SMILES string of the molecule is Nc1ccccc1NC(=O)c1cccc2ncccc12. The third-order valence-corrected chi connectivity index (χ3v) is 3.10. The van der Waals surface area contributed by atoms with Crippen LogP contribution in [0.2, 0.25) is 0 Å². The average molecular weight is 263 g/mol. The normalized spacial score (nSPS) is 10.4. The number of hydrogen-bond acceptors (Lipinski definition) is 3. The Hall–Kier alpha value is -2.88. The lowest BCUT2D eigenvalue weighted by molar-refractivity contribution is 0.102. The van der Waals surface area contributed by atoms with Crippen molar-refractivity contribution in [2.24, 2.45) is 0 Å². The molecule has 4 nitrogen and oxygen atoms in total. The van der Waals surface area contributed by atoms with Gasteiger partial charge >= 0.3 is 0 Å². The van der Waals surface area contributed by atoms with E-state index in [2.05, 4.69) is 10.3 Å².